The molecule has 1 amide bonds. The van der Waals surface area contributed by atoms with Crippen LogP contribution in [0.1, 0.15) is 34.0 Å². The van der Waals surface area contributed by atoms with E-state index in [1.165, 1.54) is 11.0 Å². The number of carbonyl (C=O) groups is 2. The van der Waals surface area contributed by atoms with Gasteiger partial charge in [-0.15, -0.1) is 0 Å². The third-order valence-electron chi connectivity index (χ3n) is 4.32. The van der Waals surface area contributed by atoms with Crippen molar-refractivity contribution in [2.75, 3.05) is 7.05 Å². The Morgan fingerprint density at radius 3 is 2.29 bits per heavy atom. The number of likely N-dealkylation sites (N-methyl/N-ethyl adjacent to an activating group) is 1. The van der Waals surface area contributed by atoms with E-state index < -0.39 is 6.04 Å². The first-order valence-corrected chi connectivity index (χ1v) is 8.01. The molecule has 3 heteroatoms. The van der Waals surface area contributed by atoms with Crippen molar-refractivity contribution in [1.82, 2.24) is 4.90 Å². The van der Waals surface area contributed by atoms with Crippen LogP contribution in [0.4, 0.5) is 0 Å². The smallest absolute Gasteiger partial charge is 0.246 e. The van der Waals surface area contributed by atoms with Crippen LogP contribution >= 0.6 is 0 Å². The minimum absolute atomic E-state index is 0.0536. The van der Waals surface area contributed by atoms with Crippen molar-refractivity contribution in [2.45, 2.75) is 26.8 Å². The lowest BCUT2D eigenvalue weighted by atomic mass is 10.00. The molecule has 0 heterocycles. The van der Waals surface area contributed by atoms with Crippen LogP contribution in [0.2, 0.25) is 0 Å². The number of amides is 1. The molecule has 3 nitrogen and oxygen atoms in total. The second kappa shape index (κ2) is 7.73. The highest BCUT2D eigenvalue weighted by molar-refractivity contribution is 6.03. The second-order valence-corrected chi connectivity index (χ2v) is 6.03. The van der Waals surface area contributed by atoms with Crippen LogP contribution in [0.5, 0.6) is 0 Å². The summed E-state index contributed by atoms with van der Waals surface area (Å²) in [5.41, 5.74) is 3.81. The van der Waals surface area contributed by atoms with E-state index in [0.717, 1.165) is 16.7 Å². The molecule has 1 atom stereocenters. The van der Waals surface area contributed by atoms with Crippen LogP contribution in [-0.4, -0.2) is 29.7 Å². The minimum Gasteiger partial charge on any atom is -0.332 e. The Bertz CT molecular complexity index is 763. The fourth-order valence-corrected chi connectivity index (χ4v) is 2.35. The summed E-state index contributed by atoms with van der Waals surface area (Å²) in [7, 11) is 1.65. The quantitative estimate of drug-likeness (QED) is 0.615. The van der Waals surface area contributed by atoms with Gasteiger partial charge in [0.25, 0.3) is 0 Å². The van der Waals surface area contributed by atoms with Gasteiger partial charge < -0.3 is 4.90 Å². The molecule has 1 unspecified atom stereocenters. The van der Waals surface area contributed by atoms with Gasteiger partial charge in [0.2, 0.25) is 5.91 Å². The second-order valence-electron chi connectivity index (χ2n) is 6.03. The predicted molar refractivity (Wildman–Crippen MR) is 98.0 cm³/mol. The summed E-state index contributed by atoms with van der Waals surface area (Å²) < 4.78 is 0. The lowest BCUT2D eigenvalue weighted by Gasteiger charge is -2.23. The maximum absolute atomic E-state index is 12.6. The number of benzene rings is 2. The summed E-state index contributed by atoms with van der Waals surface area (Å²) in [6.07, 6.45) is 3.26. The van der Waals surface area contributed by atoms with Crippen LogP contribution in [0.3, 0.4) is 0 Å². The molecule has 124 valence electrons. The molecule has 0 saturated carbocycles. The zero-order chi connectivity index (χ0) is 17.7. The fraction of sp³-hybridized carbons (Fsp3) is 0.238. The van der Waals surface area contributed by atoms with E-state index in [-0.39, 0.29) is 11.7 Å². The molecule has 0 aliphatic rings. The van der Waals surface area contributed by atoms with Crippen LogP contribution < -0.4 is 0 Å². The number of rotatable bonds is 5. The lowest BCUT2D eigenvalue weighted by Crippen LogP contribution is -2.39. The van der Waals surface area contributed by atoms with Gasteiger partial charge in [-0.05, 0) is 49.6 Å². The first-order chi connectivity index (χ1) is 11.4. The van der Waals surface area contributed by atoms with Crippen molar-refractivity contribution in [3.8, 4) is 0 Å². The molecule has 24 heavy (non-hydrogen) atoms. The maximum Gasteiger partial charge on any atom is 0.246 e. The summed E-state index contributed by atoms with van der Waals surface area (Å²) in [4.78, 5) is 26.4. The predicted octanol–water partition coefficient (Wildman–Crippen LogP) is 4.05. The summed E-state index contributed by atoms with van der Waals surface area (Å²) in [6, 6.07) is 14.7. The topological polar surface area (TPSA) is 37.4 Å². The van der Waals surface area contributed by atoms with E-state index in [4.69, 9.17) is 0 Å². The Morgan fingerprint density at radius 1 is 1.00 bits per heavy atom. The summed E-state index contributed by atoms with van der Waals surface area (Å²) in [5.74, 6) is -0.245. The van der Waals surface area contributed by atoms with E-state index in [0.29, 0.717) is 5.56 Å². The van der Waals surface area contributed by atoms with Gasteiger partial charge in [-0.2, -0.15) is 0 Å². The fourth-order valence-electron chi connectivity index (χ4n) is 2.35. The van der Waals surface area contributed by atoms with Crippen molar-refractivity contribution >= 4 is 17.8 Å². The standard InChI is InChI=1S/C21H23NO2/c1-15-10-12-19(14-16(15)2)21(24)17(3)22(4)20(23)13-11-18-8-6-5-7-9-18/h5-14,17H,1-4H3/b13-11+. The molecule has 0 aromatic heterocycles. The van der Waals surface area contributed by atoms with Crippen LogP contribution in [0.15, 0.2) is 54.6 Å². The van der Waals surface area contributed by atoms with Gasteiger partial charge in [-0.3, -0.25) is 9.59 Å². The average Bonchev–Trinajstić information content (AvgIpc) is 2.61. The Morgan fingerprint density at radius 2 is 1.67 bits per heavy atom. The minimum atomic E-state index is -0.514. The van der Waals surface area contributed by atoms with Gasteiger partial charge in [0, 0.05) is 18.7 Å². The number of hydrogen-bond acceptors (Lipinski definition) is 2. The monoisotopic (exact) mass is 321 g/mol. The maximum atomic E-state index is 12.6. The Labute approximate surface area is 143 Å². The molecule has 0 bridgehead atoms. The third kappa shape index (κ3) is 4.19. The molecular weight excluding hydrogens is 298 g/mol. The van der Waals surface area contributed by atoms with Crippen molar-refractivity contribution < 1.29 is 9.59 Å². The van der Waals surface area contributed by atoms with E-state index in [2.05, 4.69) is 0 Å². The zero-order valence-electron chi connectivity index (χ0n) is 14.6. The molecule has 2 aromatic rings. The Hall–Kier alpha value is -2.68. The van der Waals surface area contributed by atoms with E-state index in [1.54, 1.807) is 20.0 Å². The molecule has 0 fully saturated rings. The Balaban J connectivity index is 2.08. The molecular formula is C21H23NO2. The van der Waals surface area contributed by atoms with Gasteiger partial charge in [0.15, 0.2) is 5.78 Å². The van der Waals surface area contributed by atoms with Gasteiger partial charge in [0.05, 0.1) is 6.04 Å². The Kier molecular flexibility index (Phi) is 5.69. The summed E-state index contributed by atoms with van der Waals surface area (Å²) in [5, 5.41) is 0. The molecule has 0 spiro atoms. The summed E-state index contributed by atoms with van der Waals surface area (Å²) in [6.45, 7) is 5.75. The molecule has 0 radical (unpaired) electrons. The van der Waals surface area contributed by atoms with Crippen LogP contribution in [-0.2, 0) is 4.79 Å². The average molecular weight is 321 g/mol. The number of ketones is 1. The highest BCUT2D eigenvalue weighted by Gasteiger charge is 2.22. The van der Waals surface area contributed by atoms with E-state index >= 15 is 0 Å². The van der Waals surface area contributed by atoms with E-state index in [1.807, 2.05) is 62.4 Å². The van der Waals surface area contributed by atoms with Crippen molar-refractivity contribution in [1.29, 1.82) is 0 Å². The molecule has 2 rings (SSSR count). The number of nitrogens with zero attached hydrogens (tertiary/aromatic N) is 1. The van der Waals surface area contributed by atoms with Crippen molar-refractivity contribution in [2.24, 2.45) is 0 Å². The van der Waals surface area contributed by atoms with Crippen LogP contribution in [0.25, 0.3) is 6.08 Å². The third-order valence-corrected chi connectivity index (χ3v) is 4.32. The number of hydrogen-bond donors (Lipinski definition) is 0. The molecule has 0 aliphatic heterocycles. The van der Waals surface area contributed by atoms with Crippen molar-refractivity contribution in [3.05, 3.63) is 76.9 Å². The SMILES string of the molecule is Cc1ccc(C(=O)C(C)N(C)C(=O)/C=C/c2ccccc2)cc1C. The van der Waals surface area contributed by atoms with Gasteiger partial charge in [0.1, 0.15) is 0 Å². The van der Waals surface area contributed by atoms with E-state index in [9.17, 15) is 9.59 Å². The largest absolute Gasteiger partial charge is 0.332 e. The first-order valence-electron chi connectivity index (χ1n) is 8.01. The number of carbonyl (C=O) groups excluding carboxylic acids is 2. The molecule has 0 saturated heterocycles. The number of aryl methyl sites for hydroxylation is 2. The normalized spacial score (nSPS) is 12.2. The molecule has 2 aromatic carbocycles. The zero-order valence-corrected chi connectivity index (χ0v) is 14.6. The highest BCUT2D eigenvalue weighted by atomic mass is 16.2. The summed E-state index contributed by atoms with van der Waals surface area (Å²) >= 11 is 0. The molecule has 0 N–H and O–H groups in total. The number of Topliss-reactive ketones (excluding diaryl/α,β-unsaturated/α-hetero) is 1. The molecule has 0 aliphatic carbocycles. The highest BCUT2D eigenvalue weighted by Crippen LogP contribution is 2.14. The van der Waals surface area contributed by atoms with Crippen LogP contribution in [0, 0.1) is 13.8 Å². The lowest BCUT2D eigenvalue weighted by molar-refractivity contribution is -0.125. The van der Waals surface area contributed by atoms with Gasteiger partial charge in [-0.25, -0.2) is 0 Å². The van der Waals surface area contributed by atoms with Gasteiger partial charge in [-0.1, -0.05) is 42.5 Å². The first kappa shape index (κ1) is 17.7. The van der Waals surface area contributed by atoms with Crippen molar-refractivity contribution in [3.63, 3.8) is 0 Å². The van der Waals surface area contributed by atoms with Gasteiger partial charge >= 0.3 is 0 Å².